The first kappa shape index (κ1) is 12.9. The van der Waals surface area contributed by atoms with Crippen LogP contribution in [0.3, 0.4) is 0 Å². The highest BCUT2D eigenvalue weighted by molar-refractivity contribution is 5.42. The van der Waals surface area contributed by atoms with Crippen LogP contribution in [-0.2, 0) is 22.3 Å². The Kier molecular flexibility index (Phi) is 4.01. The Bertz CT molecular complexity index is 424. The third kappa shape index (κ3) is 3.69. The predicted molar refractivity (Wildman–Crippen MR) is 70.5 cm³/mol. The van der Waals surface area contributed by atoms with E-state index < -0.39 is 0 Å². The average molecular weight is 264 g/mol. The van der Waals surface area contributed by atoms with E-state index in [9.17, 15) is 0 Å². The summed E-state index contributed by atoms with van der Waals surface area (Å²) >= 11 is 0. The van der Waals surface area contributed by atoms with Gasteiger partial charge in [0.1, 0.15) is 18.5 Å². The highest BCUT2D eigenvalue weighted by atomic mass is 16.6. The second kappa shape index (κ2) is 5.90. The van der Waals surface area contributed by atoms with Gasteiger partial charge in [-0.15, -0.1) is 0 Å². The molecule has 0 aliphatic carbocycles. The van der Waals surface area contributed by atoms with Crippen molar-refractivity contribution < 1.29 is 19.3 Å². The number of benzene rings is 1. The van der Waals surface area contributed by atoms with Crippen LogP contribution < -0.4 is 4.74 Å². The van der Waals surface area contributed by atoms with E-state index in [1.165, 1.54) is 11.1 Å². The van der Waals surface area contributed by atoms with Crippen LogP contribution in [0, 0.1) is 0 Å². The summed E-state index contributed by atoms with van der Waals surface area (Å²) in [7, 11) is 0. The van der Waals surface area contributed by atoms with Crippen molar-refractivity contribution in [2.24, 2.45) is 0 Å². The highest BCUT2D eigenvalue weighted by Crippen LogP contribution is 2.30. The molecule has 1 aromatic rings. The maximum Gasteiger partial charge on any atom is 0.125 e. The molecule has 19 heavy (non-hydrogen) atoms. The smallest absolute Gasteiger partial charge is 0.125 e. The van der Waals surface area contributed by atoms with Gasteiger partial charge in [0.25, 0.3) is 0 Å². The number of hydrogen-bond donors (Lipinski definition) is 1. The van der Waals surface area contributed by atoms with E-state index in [2.05, 4.69) is 18.2 Å². The van der Waals surface area contributed by atoms with Crippen molar-refractivity contribution in [1.29, 1.82) is 0 Å². The number of epoxide rings is 2. The van der Waals surface area contributed by atoms with Crippen molar-refractivity contribution >= 4 is 0 Å². The molecule has 0 radical (unpaired) electrons. The van der Waals surface area contributed by atoms with Crippen molar-refractivity contribution in [3.8, 4) is 5.75 Å². The fourth-order valence-corrected chi connectivity index (χ4v) is 2.22. The predicted octanol–water partition coefficient (Wildman–Crippen LogP) is 1.33. The maximum atomic E-state index is 8.99. The number of aryl methyl sites for hydroxylation is 1. The quantitative estimate of drug-likeness (QED) is 0.720. The van der Waals surface area contributed by atoms with Crippen LogP contribution >= 0.6 is 0 Å². The lowest BCUT2D eigenvalue weighted by molar-refractivity contribution is 0.256. The van der Waals surface area contributed by atoms with Gasteiger partial charge in [-0.05, 0) is 24.0 Å². The summed E-state index contributed by atoms with van der Waals surface area (Å²) in [5.41, 5.74) is 2.38. The van der Waals surface area contributed by atoms with Crippen LogP contribution in [0.1, 0.15) is 17.5 Å². The molecule has 1 N–H and O–H groups in total. The van der Waals surface area contributed by atoms with Crippen LogP contribution in [0.25, 0.3) is 0 Å². The van der Waals surface area contributed by atoms with Gasteiger partial charge in [-0.1, -0.05) is 18.2 Å². The van der Waals surface area contributed by atoms with Gasteiger partial charge in [0.05, 0.1) is 19.3 Å². The lowest BCUT2D eigenvalue weighted by Crippen LogP contribution is -2.09. The van der Waals surface area contributed by atoms with Crippen LogP contribution in [0.4, 0.5) is 0 Å². The van der Waals surface area contributed by atoms with Crippen LogP contribution in [0.5, 0.6) is 5.75 Å². The van der Waals surface area contributed by atoms with Crippen molar-refractivity contribution in [1.82, 2.24) is 0 Å². The third-order valence-electron chi connectivity index (χ3n) is 3.45. The number of aliphatic hydroxyl groups excluding tert-OH is 1. The van der Waals surface area contributed by atoms with Crippen LogP contribution in [-0.4, -0.2) is 43.7 Å². The van der Waals surface area contributed by atoms with E-state index in [1.807, 2.05) is 0 Å². The van der Waals surface area contributed by atoms with Crippen LogP contribution in [0.15, 0.2) is 18.2 Å². The maximum absolute atomic E-state index is 8.99. The molecule has 0 amide bonds. The second-order valence-corrected chi connectivity index (χ2v) is 5.16. The summed E-state index contributed by atoms with van der Waals surface area (Å²) < 4.78 is 16.5. The minimum atomic E-state index is 0.209. The molecule has 2 unspecified atom stereocenters. The van der Waals surface area contributed by atoms with Crippen LogP contribution in [0.2, 0.25) is 0 Å². The molecule has 0 spiro atoms. The van der Waals surface area contributed by atoms with Crippen molar-refractivity contribution in [2.75, 3.05) is 26.4 Å². The average Bonchev–Trinajstić information content (AvgIpc) is 3.29. The van der Waals surface area contributed by atoms with E-state index in [-0.39, 0.29) is 12.7 Å². The summed E-state index contributed by atoms with van der Waals surface area (Å²) in [5, 5.41) is 8.99. The van der Waals surface area contributed by atoms with E-state index in [0.717, 1.165) is 38.2 Å². The summed E-state index contributed by atoms with van der Waals surface area (Å²) in [6, 6.07) is 6.24. The van der Waals surface area contributed by atoms with E-state index in [4.69, 9.17) is 19.3 Å². The molecule has 2 atom stereocenters. The Balaban J connectivity index is 1.74. The Labute approximate surface area is 113 Å². The largest absolute Gasteiger partial charge is 0.490 e. The standard InChI is InChI=1S/C15H20O4/c16-6-2-5-11-3-1-4-12(7-13-8-17-13)15(11)19-10-14-9-18-14/h1,3-4,13-14,16H,2,5-10H2. The Morgan fingerprint density at radius 2 is 1.89 bits per heavy atom. The second-order valence-electron chi connectivity index (χ2n) is 5.16. The third-order valence-corrected chi connectivity index (χ3v) is 3.45. The topological polar surface area (TPSA) is 54.5 Å². The zero-order valence-electron chi connectivity index (χ0n) is 11.0. The molecular formula is C15H20O4. The summed E-state index contributed by atoms with van der Waals surface area (Å²) in [5.74, 6) is 0.974. The van der Waals surface area contributed by atoms with Gasteiger partial charge in [0.2, 0.25) is 0 Å². The van der Waals surface area contributed by atoms with Gasteiger partial charge >= 0.3 is 0 Å². The van der Waals surface area contributed by atoms with E-state index in [0.29, 0.717) is 12.7 Å². The minimum Gasteiger partial charge on any atom is -0.490 e. The molecule has 4 nitrogen and oxygen atoms in total. The number of aliphatic hydroxyl groups is 1. The molecule has 0 bridgehead atoms. The van der Waals surface area contributed by atoms with Crippen molar-refractivity contribution in [3.63, 3.8) is 0 Å². The number of hydrogen-bond acceptors (Lipinski definition) is 4. The fourth-order valence-electron chi connectivity index (χ4n) is 2.22. The minimum absolute atomic E-state index is 0.209. The van der Waals surface area contributed by atoms with E-state index in [1.54, 1.807) is 0 Å². The zero-order chi connectivity index (χ0) is 13.1. The SMILES string of the molecule is OCCCc1cccc(CC2CO2)c1OCC1CO1. The normalized spacial score (nSPS) is 24.3. The molecule has 1 aromatic carbocycles. The fraction of sp³-hybridized carbons (Fsp3) is 0.600. The summed E-state index contributed by atoms with van der Waals surface area (Å²) in [6.07, 6.45) is 3.13. The first-order valence-electron chi connectivity index (χ1n) is 6.94. The van der Waals surface area contributed by atoms with Gasteiger partial charge in [-0.25, -0.2) is 0 Å². The van der Waals surface area contributed by atoms with Gasteiger partial charge in [0.15, 0.2) is 0 Å². The van der Waals surface area contributed by atoms with Gasteiger partial charge in [-0.2, -0.15) is 0 Å². The number of ether oxygens (including phenoxy) is 3. The molecule has 0 aromatic heterocycles. The molecule has 0 saturated carbocycles. The van der Waals surface area contributed by atoms with Gasteiger partial charge in [0, 0.05) is 13.0 Å². The zero-order valence-corrected chi connectivity index (χ0v) is 11.0. The molecule has 2 fully saturated rings. The molecule has 2 aliphatic heterocycles. The number of para-hydroxylation sites is 1. The number of rotatable bonds is 8. The molecular weight excluding hydrogens is 244 g/mol. The lowest BCUT2D eigenvalue weighted by atomic mass is 10.0. The van der Waals surface area contributed by atoms with E-state index >= 15 is 0 Å². The van der Waals surface area contributed by atoms with Gasteiger partial charge < -0.3 is 19.3 Å². The van der Waals surface area contributed by atoms with Crippen molar-refractivity contribution in [3.05, 3.63) is 29.3 Å². The first-order valence-corrected chi connectivity index (χ1v) is 6.94. The Hall–Kier alpha value is -1.10. The highest BCUT2D eigenvalue weighted by Gasteiger charge is 2.27. The van der Waals surface area contributed by atoms with Crippen molar-refractivity contribution in [2.45, 2.75) is 31.5 Å². The molecule has 2 saturated heterocycles. The first-order chi connectivity index (χ1) is 9.36. The molecule has 2 heterocycles. The molecule has 2 aliphatic rings. The lowest BCUT2D eigenvalue weighted by Gasteiger charge is -2.15. The molecule has 3 rings (SSSR count). The summed E-state index contributed by atoms with van der Waals surface area (Å²) in [4.78, 5) is 0. The molecule has 104 valence electrons. The Morgan fingerprint density at radius 3 is 2.58 bits per heavy atom. The van der Waals surface area contributed by atoms with Gasteiger partial charge in [-0.3, -0.25) is 0 Å². The molecule has 4 heteroatoms. The summed E-state index contributed by atoms with van der Waals surface area (Å²) in [6.45, 7) is 2.49. The Morgan fingerprint density at radius 1 is 1.16 bits per heavy atom. The monoisotopic (exact) mass is 264 g/mol.